The van der Waals surface area contributed by atoms with Gasteiger partial charge in [0, 0.05) is 40.8 Å². The van der Waals surface area contributed by atoms with Gasteiger partial charge in [0.2, 0.25) is 0 Å². The maximum Gasteiger partial charge on any atom is 0.321 e. The molecule has 2 aromatic carbocycles. The highest BCUT2D eigenvalue weighted by Crippen LogP contribution is 2.25. The molecule has 2 N–H and O–H groups in total. The molecule has 3 aromatic rings. The van der Waals surface area contributed by atoms with Crippen molar-refractivity contribution in [2.24, 2.45) is 0 Å². The lowest BCUT2D eigenvalue weighted by Crippen LogP contribution is -2.47. The number of amides is 3. The fourth-order valence-corrected chi connectivity index (χ4v) is 4.25. The summed E-state index contributed by atoms with van der Waals surface area (Å²) in [5.41, 5.74) is 2.12. The van der Waals surface area contributed by atoms with Gasteiger partial charge in [-0.15, -0.1) is 11.3 Å². The third-order valence-corrected chi connectivity index (χ3v) is 6.11. The van der Waals surface area contributed by atoms with E-state index in [1.165, 1.54) is 11.3 Å². The number of piperidine rings is 1. The number of nitrogens with one attached hydrogen (secondary N) is 2. The SMILES string of the molecule is O=C(NC1CCN(C(=O)Nc2ccccc2)CC1)c1csc(-c2ccc(Cl)cc2)n1. The summed E-state index contributed by atoms with van der Waals surface area (Å²) in [6, 6.07) is 16.7. The largest absolute Gasteiger partial charge is 0.348 e. The lowest BCUT2D eigenvalue weighted by Gasteiger charge is -2.32. The van der Waals surface area contributed by atoms with Gasteiger partial charge in [0.15, 0.2) is 0 Å². The molecule has 4 rings (SSSR count). The van der Waals surface area contributed by atoms with E-state index in [2.05, 4.69) is 15.6 Å². The molecule has 0 unspecified atom stereocenters. The van der Waals surface area contributed by atoms with E-state index in [9.17, 15) is 9.59 Å². The Kier molecular flexibility index (Phi) is 6.30. The molecule has 2 heterocycles. The van der Waals surface area contributed by atoms with Crippen LogP contribution in [0, 0.1) is 0 Å². The zero-order valence-electron chi connectivity index (χ0n) is 16.2. The Morgan fingerprint density at radius 3 is 2.43 bits per heavy atom. The number of thiazole rings is 1. The van der Waals surface area contributed by atoms with Crippen molar-refractivity contribution in [3.63, 3.8) is 0 Å². The number of hydrogen-bond acceptors (Lipinski definition) is 4. The van der Waals surface area contributed by atoms with E-state index in [0.29, 0.717) is 36.6 Å². The van der Waals surface area contributed by atoms with Crippen molar-refractivity contribution < 1.29 is 9.59 Å². The van der Waals surface area contributed by atoms with E-state index in [-0.39, 0.29) is 18.0 Å². The van der Waals surface area contributed by atoms with Crippen LogP contribution in [0.4, 0.5) is 10.5 Å². The molecule has 154 valence electrons. The van der Waals surface area contributed by atoms with Crippen molar-refractivity contribution in [1.82, 2.24) is 15.2 Å². The molecule has 6 nitrogen and oxygen atoms in total. The number of halogens is 1. The Bertz CT molecular complexity index is 1020. The molecular weight excluding hydrogens is 420 g/mol. The molecule has 0 aliphatic carbocycles. The molecule has 1 aliphatic heterocycles. The molecule has 1 aliphatic rings. The first-order valence-electron chi connectivity index (χ1n) is 9.72. The number of benzene rings is 2. The minimum atomic E-state index is -0.182. The van der Waals surface area contributed by atoms with Gasteiger partial charge >= 0.3 is 6.03 Å². The third kappa shape index (κ3) is 4.98. The van der Waals surface area contributed by atoms with Gasteiger partial charge in [0.05, 0.1) is 0 Å². The summed E-state index contributed by atoms with van der Waals surface area (Å²) in [7, 11) is 0. The maximum absolute atomic E-state index is 12.6. The minimum absolute atomic E-state index is 0.0268. The van der Waals surface area contributed by atoms with Gasteiger partial charge in [0.25, 0.3) is 5.91 Å². The zero-order chi connectivity index (χ0) is 20.9. The zero-order valence-corrected chi connectivity index (χ0v) is 17.7. The van der Waals surface area contributed by atoms with Crippen LogP contribution in [0.1, 0.15) is 23.3 Å². The first-order valence-corrected chi connectivity index (χ1v) is 11.0. The van der Waals surface area contributed by atoms with Crippen LogP contribution in [-0.2, 0) is 0 Å². The summed E-state index contributed by atoms with van der Waals surface area (Å²) in [5.74, 6) is -0.182. The lowest BCUT2D eigenvalue weighted by atomic mass is 10.1. The van der Waals surface area contributed by atoms with Crippen LogP contribution in [0.2, 0.25) is 5.02 Å². The van der Waals surface area contributed by atoms with Crippen LogP contribution in [0.25, 0.3) is 10.6 Å². The normalized spacial score (nSPS) is 14.4. The lowest BCUT2D eigenvalue weighted by molar-refractivity contribution is 0.0915. The van der Waals surface area contributed by atoms with E-state index in [1.807, 2.05) is 42.5 Å². The summed E-state index contributed by atoms with van der Waals surface area (Å²) in [6.45, 7) is 1.19. The number of nitrogens with zero attached hydrogens (tertiary/aromatic N) is 2. The number of anilines is 1. The Hall–Kier alpha value is -2.90. The molecular formula is C22H21ClN4O2S. The predicted molar refractivity (Wildman–Crippen MR) is 120 cm³/mol. The fourth-order valence-electron chi connectivity index (χ4n) is 3.31. The minimum Gasteiger partial charge on any atom is -0.348 e. The van der Waals surface area contributed by atoms with Crippen LogP contribution in [0.5, 0.6) is 0 Å². The molecule has 8 heteroatoms. The van der Waals surface area contributed by atoms with Crippen LogP contribution in [0.15, 0.2) is 60.0 Å². The van der Waals surface area contributed by atoms with Crippen LogP contribution >= 0.6 is 22.9 Å². The second-order valence-electron chi connectivity index (χ2n) is 7.08. The summed E-state index contributed by atoms with van der Waals surface area (Å²) in [5, 5.41) is 9.15. The van der Waals surface area contributed by atoms with Crippen LogP contribution < -0.4 is 10.6 Å². The Balaban J connectivity index is 1.28. The van der Waals surface area contributed by atoms with Crippen molar-refractivity contribution >= 4 is 40.6 Å². The van der Waals surface area contributed by atoms with Crippen molar-refractivity contribution in [3.8, 4) is 10.6 Å². The van der Waals surface area contributed by atoms with Gasteiger partial charge in [-0.25, -0.2) is 9.78 Å². The van der Waals surface area contributed by atoms with Crippen molar-refractivity contribution in [1.29, 1.82) is 0 Å². The Morgan fingerprint density at radius 1 is 1.03 bits per heavy atom. The number of rotatable bonds is 4. The second kappa shape index (κ2) is 9.28. The fraction of sp³-hybridized carbons (Fsp3) is 0.227. The molecule has 1 saturated heterocycles. The number of aromatic nitrogens is 1. The number of hydrogen-bond donors (Lipinski definition) is 2. The number of para-hydroxylation sites is 1. The number of carbonyl (C=O) groups is 2. The van der Waals surface area contributed by atoms with E-state index < -0.39 is 0 Å². The van der Waals surface area contributed by atoms with Gasteiger partial charge in [-0.05, 0) is 37.1 Å². The quantitative estimate of drug-likeness (QED) is 0.606. The summed E-state index contributed by atoms with van der Waals surface area (Å²) in [6.07, 6.45) is 1.42. The molecule has 0 radical (unpaired) electrons. The van der Waals surface area contributed by atoms with Gasteiger partial charge < -0.3 is 15.5 Å². The smallest absolute Gasteiger partial charge is 0.321 e. The summed E-state index contributed by atoms with van der Waals surface area (Å²) in [4.78, 5) is 31.2. The highest BCUT2D eigenvalue weighted by atomic mass is 35.5. The van der Waals surface area contributed by atoms with Crippen LogP contribution in [0.3, 0.4) is 0 Å². The standard InChI is InChI=1S/C22H21ClN4O2S/c23-16-8-6-15(7-9-16)21-26-19(14-30-21)20(28)24-18-10-12-27(13-11-18)22(29)25-17-4-2-1-3-5-17/h1-9,14,18H,10-13H2,(H,24,28)(H,25,29). The van der Waals surface area contributed by atoms with E-state index in [4.69, 9.17) is 11.6 Å². The monoisotopic (exact) mass is 440 g/mol. The van der Waals surface area contributed by atoms with E-state index in [0.717, 1.165) is 16.3 Å². The van der Waals surface area contributed by atoms with E-state index in [1.54, 1.807) is 22.4 Å². The first-order chi connectivity index (χ1) is 14.6. The molecule has 1 fully saturated rings. The van der Waals surface area contributed by atoms with Gasteiger partial charge in [-0.2, -0.15) is 0 Å². The number of carbonyl (C=O) groups excluding carboxylic acids is 2. The molecule has 3 amide bonds. The summed E-state index contributed by atoms with van der Waals surface area (Å²) >= 11 is 7.35. The molecule has 0 bridgehead atoms. The number of urea groups is 1. The Labute approximate surface area is 183 Å². The molecule has 0 saturated carbocycles. The van der Waals surface area contributed by atoms with Crippen molar-refractivity contribution in [3.05, 3.63) is 70.7 Å². The molecule has 30 heavy (non-hydrogen) atoms. The highest BCUT2D eigenvalue weighted by Gasteiger charge is 2.25. The van der Waals surface area contributed by atoms with Gasteiger partial charge in [-0.3, -0.25) is 4.79 Å². The van der Waals surface area contributed by atoms with Gasteiger partial charge in [-0.1, -0.05) is 41.9 Å². The number of likely N-dealkylation sites (tertiary alicyclic amines) is 1. The first kappa shape index (κ1) is 20.4. The summed E-state index contributed by atoms with van der Waals surface area (Å²) < 4.78 is 0. The molecule has 0 atom stereocenters. The van der Waals surface area contributed by atoms with Crippen molar-refractivity contribution in [2.75, 3.05) is 18.4 Å². The highest BCUT2D eigenvalue weighted by molar-refractivity contribution is 7.13. The second-order valence-corrected chi connectivity index (χ2v) is 8.37. The van der Waals surface area contributed by atoms with Crippen LogP contribution in [-0.4, -0.2) is 41.0 Å². The third-order valence-electron chi connectivity index (χ3n) is 4.97. The maximum atomic E-state index is 12.6. The Morgan fingerprint density at radius 2 is 1.73 bits per heavy atom. The predicted octanol–water partition coefficient (Wildman–Crippen LogP) is 4.89. The van der Waals surface area contributed by atoms with Crippen molar-refractivity contribution in [2.45, 2.75) is 18.9 Å². The van der Waals surface area contributed by atoms with E-state index >= 15 is 0 Å². The molecule has 0 spiro atoms. The molecule has 1 aromatic heterocycles. The van der Waals surface area contributed by atoms with Gasteiger partial charge in [0.1, 0.15) is 10.7 Å². The topological polar surface area (TPSA) is 74.3 Å². The average Bonchev–Trinajstić information content (AvgIpc) is 3.26. The average molecular weight is 441 g/mol.